The van der Waals surface area contributed by atoms with Crippen molar-refractivity contribution < 1.29 is 9.53 Å². The van der Waals surface area contributed by atoms with E-state index in [0.717, 1.165) is 0 Å². The zero-order chi connectivity index (χ0) is 13.1. The lowest BCUT2D eigenvalue weighted by atomic mass is 10.1. The molecule has 0 fully saturated rings. The number of ether oxygens (including phenoxy) is 1. The molecule has 2 aromatic rings. The zero-order valence-electron chi connectivity index (χ0n) is 9.83. The molecule has 4 nitrogen and oxygen atoms in total. The van der Waals surface area contributed by atoms with Crippen molar-refractivity contribution in [3.05, 3.63) is 45.2 Å². The fourth-order valence-electron chi connectivity index (χ4n) is 1.74. The van der Waals surface area contributed by atoms with E-state index in [2.05, 4.69) is 4.98 Å². The molecule has 0 bridgehead atoms. The van der Waals surface area contributed by atoms with Crippen LogP contribution in [0.15, 0.2) is 29.1 Å². The number of carbonyl (C=O) groups is 1. The number of H-pyrrole nitrogens is 1. The maximum Gasteiger partial charge on any atom is 0.311 e. The minimum absolute atomic E-state index is 0.0572. The van der Waals surface area contributed by atoms with Gasteiger partial charge in [0.05, 0.1) is 13.0 Å². The first-order valence-corrected chi connectivity index (χ1v) is 5.95. The minimum Gasteiger partial charge on any atom is -0.466 e. The van der Waals surface area contributed by atoms with E-state index in [4.69, 9.17) is 16.3 Å². The molecule has 1 aromatic carbocycles. The van der Waals surface area contributed by atoms with Gasteiger partial charge in [0.2, 0.25) is 0 Å². The Hall–Kier alpha value is -1.81. The molecule has 0 atom stereocenters. The Morgan fingerprint density at radius 2 is 2.17 bits per heavy atom. The second-order valence-electron chi connectivity index (χ2n) is 3.83. The number of pyridine rings is 1. The van der Waals surface area contributed by atoms with Crippen LogP contribution in [-0.2, 0) is 16.0 Å². The number of halogens is 1. The van der Waals surface area contributed by atoms with Gasteiger partial charge in [-0.2, -0.15) is 0 Å². The summed E-state index contributed by atoms with van der Waals surface area (Å²) in [6.07, 6.45) is 0.0572. The Bertz CT molecular complexity index is 648. The Kier molecular flexibility index (Phi) is 3.67. The highest BCUT2D eigenvalue weighted by Gasteiger charge is 2.07. The van der Waals surface area contributed by atoms with Crippen LogP contribution in [0.2, 0.25) is 5.02 Å². The molecular formula is C13H12ClNO3. The van der Waals surface area contributed by atoms with Gasteiger partial charge in [-0.1, -0.05) is 11.6 Å². The second kappa shape index (κ2) is 5.23. The van der Waals surface area contributed by atoms with Crippen molar-refractivity contribution >= 4 is 28.5 Å². The van der Waals surface area contributed by atoms with E-state index >= 15 is 0 Å². The predicted molar refractivity (Wildman–Crippen MR) is 69.9 cm³/mol. The van der Waals surface area contributed by atoms with Gasteiger partial charge in [0, 0.05) is 27.7 Å². The molecule has 0 spiro atoms. The van der Waals surface area contributed by atoms with Gasteiger partial charge in [-0.05, 0) is 25.1 Å². The zero-order valence-corrected chi connectivity index (χ0v) is 10.6. The van der Waals surface area contributed by atoms with Gasteiger partial charge in [0.25, 0.3) is 0 Å². The summed E-state index contributed by atoms with van der Waals surface area (Å²) < 4.78 is 4.83. The minimum atomic E-state index is -0.360. The Balaban J connectivity index is 2.40. The van der Waals surface area contributed by atoms with Crippen LogP contribution in [0.25, 0.3) is 10.9 Å². The van der Waals surface area contributed by atoms with Crippen LogP contribution in [-0.4, -0.2) is 17.6 Å². The topological polar surface area (TPSA) is 59.2 Å². The third kappa shape index (κ3) is 2.71. The lowest BCUT2D eigenvalue weighted by Crippen LogP contribution is -2.12. The van der Waals surface area contributed by atoms with Gasteiger partial charge >= 0.3 is 5.97 Å². The number of aromatic nitrogens is 1. The summed E-state index contributed by atoms with van der Waals surface area (Å²) in [5.41, 5.74) is 1.03. The van der Waals surface area contributed by atoms with Crippen LogP contribution in [0.4, 0.5) is 0 Å². The summed E-state index contributed by atoms with van der Waals surface area (Å²) in [7, 11) is 0. The van der Waals surface area contributed by atoms with Crippen molar-refractivity contribution in [2.45, 2.75) is 13.3 Å². The summed E-state index contributed by atoms with van der Waals surface area (Å²) in [6, 6.07) is 6.40. The fraction of sp³-hybridized carbons (Fsp3) is 0.231. The number of esters is 1. The number of benzene rings is 1. The number of carbonyl (C=O) groups excluding carboxylic acids is 1. The van der Waals surface area contributed by atoms with Crippen LogP contribution >= 0.6 is 11.6 Å². The lowest BCUT2D eigenvalue weighted by molar-refractivity contribution is -0.142. The summed E-state index contributed by atoms with van der Waals surface area (Å²) >= 11 is 5.83. The van der Waals surface area contributed by atoms with E-state index < -0.39 is 0 Å². The second-order valence-corrected chi connectivity index (χ2v) is 4.27. The predicted octanol–water partition coefficient (Wildman–Crippen LogP) is 2.29. The maximum atomic E-state index is 11.9. The maximum absolute atomic E-state index is 11.9. The van der Waals surface area contributed by atoms with E-state index in [0.29, 0.717) is 28.2 Å². The molecule has 0 aliphatic carbocycles. The standard InChI is InChI=1S/C13H12ClNO3/c1-2-18-13(17)7-9-6-12(16)10-5-8(14)3-4-11(10)15-9/h3-6H,2,7H2,1H3,(H,15,16). The average Bonchev–Trinajstić information content (AvgIpc) is 2.30. The highest BCUT2D eigenvalue weighted by Crippen LogP contribution is 2.15. The Morgan fingerprint density at radius 3 is 2.89 bits per heavy atom. The monoisotopic (exact) mass is 265 g/mol. The van der Waals surface area contributed by atoms with E-state index in [1.54, 1.807) is 25.1 Å². The van der Waals surface area contributed by atoms with Gasteiger partial charge in [-0.3, -0.25) is 9.59 Å². The normalized spacial score (nSPS) is 10.6. The SMILES string of the molecule is CCOC(=O)Cc1cc(=O)c2cc(Cl)ccc2[nH]1. The van der Waals surface area contributed by atoms with Crippen LogP contribution in [0.3, 0.4) is 0 Å². The van der Waals surface area contributed by atoms with Crippen molar-refractivity contribution in [1.29, 1.82) is 0 Å². The largest absolute Gasteiger partial charge is 0.466 e. The number of hydrogen-bond donors (Lipinski definition) is 1. The van der Waals surface area contributed by atoms with Crippen LogP contribution in [0.5, 0.6) is 0 Å². The molecule has 1 aromatic heterocycles. The van der Waals surface area contributed by atoms with Gasteiger partial charge in [-0.15, -0.1) is 0 Å². The third-order valence-electron chi connectivity index (χ3n) is 2.49. The Labute approximate surface area is 109 Å². The van der Waals surface area contributed by atoms with Gasteiger partial charge in [0.1, 0.15) is 0 Å². The van der Waals surface area contributed by atoms with Crippen molar-refractivity contribution in [1.82, 2.24) is 4.98 Å². The highest BCUT2D eigenvalue weighted by atomic mass is 35.5. The smallest absolute Gasteiger partial charge is 0.311 e. The molecule has 94 valence electrons. The molecule has 0 amide bonds. The fourth-order valence-corrected chi connectivity index (χ4v) is 1.91. The van der Waals surface area contributed by atoms with Crippen LogP contribution in [0.1, 0.15) is 12.6 Å². The summed E-state index contributed by atoms with van der Waals surface area (Å²) in [6.45, 7) is 2.06. The highest BCUT2D eigenvalue weighted by molar-refractivity contribution is 6.31. The first kappa shape index (κ1) is 12.6. The third-order valence-corrected chi connectivity index (χ3v) is 2.72. The Morgan fingerprint density at radius 1 is 1.39 bits per heavy atom. The number of aromatic amines is 1. The van der Waals surface area contributed by atoms with E-state index in [1.165, 1.54) is 6.07 Å². The van der Waals surface area contributed by atoms with Crippen molar-refractivity contribution in [3.63, 3.8) is 0 Å². The molecule has 1 heterocycles. The molecule has 2 rings (SSSR count). The molecule has 0 radical (unpaired) electrons. The number of rotatable bonds is 3. The molecule has 18 heavy (non-hydrogen) atoms. The number of fused-ring (bicyclic) bond motifs is 1. The molecule has 0 aliphatic rings. The molecule has 1 N–H and O–H groups in total. The first-order valence-electron chi connectivity index (χ1n) is 5.57. The summed E-state index contributed by atoms with van der Waals surface area (Å²) in [5.74, 6) is -0.360. The number of nitrogens with one attached hydrogen (secondary N) is 1. The molecular weight excluding hydrogens is 254 g/mol. The molecule has 0 aliphatic heterocycles. The molecule has 0 saturated heterocycles. The van der Waals surface area contributed by atoms with E-state index in [9.17, 15) is 9.59 Å². The molecule has 0 saturated carbocycles. The quantitative estimate of drug-likeness (QED) is 0.866. The van der Waals surface area contributed by atoms with Crippen LogP contribution < -0.4 is 5.43 Å². The average molecular weight is 266 g/mol. The van der Waals surface area contributed by atoms with Crippen molar-refractivity contribution in [2.24, 2.45) is 0 Å². The summed E-state index contributed by atoms with van der Waals surface area (Å²) in [4.78, 5) is 26.2. The van der Waals surface area contributed by atoms with E-state index in [1.807, 2.05) is 0 Å². The van der Waals surface area contributed by atoms with Crippen LogP contribution in [0, 0.1) is 0 Å². The van der Waals surface area contributed by atoms with Gasteiger partial charge in [0.15, 0.2) is 5.43 Å². The van der Waals surface area contributed by atoms with E-state index in [-0.39, 0.29) is 17.8 Å². The molecule has 0 unspecified atom stereocenters. The van der Waals surface area contributed by atoms with Crippen molar-refractivity contribution in [3.8, 4) is 0 Å². The number of hydrogen-bond acceptors (Lipinski definition) is 3. The first-order chi connectivity index (χ1) is 8.60. The molecule has 5 heteroatoms. The lowest BCUT2D eigenvalue weighted by Gasteiger charge is -2.04. The summed E-state index contributed by atoms with van der Waals surface area (Å²) in [5, 5.41) is 1.02. The van der Waals surface area contributed by atoms with Gasteiger partial charge in [-0.25, -0.2) is 0 Å². The van der Waals surface area contributed by atoms with Crippen molar-refractivity contribution in [2.75, 3.05) is 6.61 Å². The van der Waals surface area contributed by atoms with Gasteiger partial charge < -0.3 is 9.72 Å².